The van der Waals surface area contributed by atoms with Gasteiger partial charge in [0.25, 0.3) is 0 Å². The van der Waals surface area contributed by atoms with Gasteiger partial charge in [-0.15, -0.1) is 0 Å². The van der Waals surface area contributed by atoms with E-state index < -0.39 is 5.82 Å². The zero-order valence-electron chi connectivity index (χ0n) is 13.4. The fourth-order valence-electron chi connectivity index (χ4n) is 3.18. The Labute approximate surface area is 154 Å². The first-order valence-electron chi connectivity index (χ1n) is 8.10. The van der Waals surface area contributed by atoms with Gasteiger partial charge in [-0.3, -0.25) is 0 Å². The van der Waals surface area contributed by atoms with Crippen LogP contribution in [-0.4, -0.2) is 29.2 Å². The lowest BCUT2D eigenvalue weighted by Gasteiger charge is -2.39. The second-order valence-electron chi connectivity index (χ2n) is 6.39. The molecule has 1 aromatic heterocycles. The standard InChI is InChI=1S/C18H17Cl2FN4/c19-13-2-4-16-17(6-13)25(10-11-1-3-15(21)14(20)5-11)18(23-16)24-8-12(7-22)9-24/h1-6,12H,7-10,22H2. The minimum absolute atomic E-state index is 0.119. The average molecular weight is 379 g/mol. The lowest BCUT2D eigenvalue weighted by molar-refractivity contribution is 0.409. The summed E-state index contributed by atoms with van der Waals surface area (Å²) in [5, 5.41) is 0.773. The van der Waals surface area contributed by atoms with Gasteiger partial charge in [0.1, 0.15) is 5.82 Å². The lowest BCUT2D eigenvalue weighted by atomic mass is 10.0. The summed E-state index contributed by atoms with van der Waals surface area (Å²) in [5.74, 6) is 0.956. The molecule has 7 heteroatoms. The van der Waals surface area contributed by atoms with E-state index in [1.165, 1.54) is 6.07 Å². The molecule has 1 saturated heterocycles. The number of fused-ring (bicyclic) bond motifs is 1. The summed E-state index contributed by atoms with van der Waals surface area (Å²) in [5.41, 5.74) is 8.47. The minimum Gasteiger partial charge on any atom is -0.341 e. The number of nitrogens with zero attached hydrogens (tertiary/aromatic N) is 3. The smallest absolute Gasteiger partial charge is 0.206 e. The van der Waals surface area contributed by atoms with Crippen LogP contribution in [0.4, 0.5) is 10.3 Å². The van der Waals surface area contributed by atoms with Crippen molar-refractivity contribution in [2.24, 2.45) is 11.7 Å². The third kappa shape index (κ3) is 3.08. The van der Waals surface area contributed by atoms with E-state index >= 15 is 0 Å². The number of hydrogen-bond acceptors (Lipinski definition) is 3. The number of benzene rings is 2. The van der Waals surface area contributed by atoms with Crippen LogP contribution >= 0.6 is 23.2 Å². The number of anilines is 1. The van der Waals surface area contributed by atoms with Crippen LogP contribution in [0.15, 0.2) is 36.4 Å². The van der Waals surface area contributed by atoms with Crippen molar-refractivity contribution in [1.82, 2.24) is 9.55 Å². The van der Waals surface area contributed by atoms with Gasteiger partial charge in [-0.1, -0.05) is 29.3 Å². The highest BCUT2D eigenvalue weighted by molar-refractivity contribution is 6.31. The third-order valence-corrected chi connectivity index (χ3v) is 5.11. The Kier molecular flexibility index (Phi) is 4.31. The maximum atomic E-state index is 13.4. The zero-order chi connectivity index (χ0) is 17.6. The third-order valence-electron chi connectivity index (χ3n) is 4.59. The first-order valence-corrected chi connectivity index (χ1v) is 8.85. The van der Waals surface area contributed by atoms with Gasteiger partial charge < -0.3 is 15.2 Å². The summed E-state index contributed by atoms with van der Waals surface area (Å²) in [6, 6.07) is 10.4. The quantitative estimate of drug-likeness (QED) is 0.748. The Morgan fingerprint density at radius 1 is 1.16 bits per heavy atom. The summed E-state index contributed by atoms with van der Waals surface area (Å²) in [7, 11) is 0. The van der Waals surface area contributed by atoms with E-state index in [0.29, 0.717) is 24.0 Å². The van der Waals surface area contributed by atoms with Crippen LogP contribution in [0.1, 0.15) is 5.56 Å². The van der Waals surface area contributed by atoms with E-state index in [9.17, 15) is 4.39 Å². The van der Waals surface area contributed by atoms with Crippen LogP contribution in [-0.2, 0) is 6.54 Å². The van der Waals surface area contributed by atoms with Crippen molar-refractivity contribution < 1.29 is 4.39 Å². The Morgan fingerprint density at radius 2 is 1.96 bits per heavy atom. The molecule has 2 N–H and O–H groups in total. The van der Waals surface area contributed by atoms with Crippen LogP contribution in [0.25, 0.3) is 11.0 Å². The van der Waals surface area contributed by atoms with E-state index in [0.717, 1.165) is 35.6 Å². The fourth-order valence-corrected chi connectivity index (χ4v) is 3.55. The summed E-state index contributed by atoms with van der Waals surface area (Å²) in [6.07, 6.45) is 0. The molecule has 0 unspecified atom stereocenters. The second-order valence-corrected chi connectivity index (χ2v) is 7.23. The maximum Gasteiger partial charge on any atom is 0.206 e. The summed E-state index contributed by atoms with van der Waals surface area (Å²) >= 11 is 12.1. The summed E-state index contributed by atoms with van der Waals surface area (Å²) in [6.45, 7) is 2.99. The SMILES string of the molecule is NCC1CN(c2nc3ccc(Cl)cc3n2Cc2ccc(F)c(Cl)c2)C1. The number of hydrogen-bond donors (Lipinski definition) is 1. The molecule has 3 aromatic rings. The van der Waals surface area contributed by atoms with E-state index in [1.807, 2.05) is 18.2 Å². The molecular weight excluding hydrogens is 362 g/mol. The van der Waals surface area contributed by atoms with Gasteiger partial charge in [0, 0.05) is 24.0 Å². The predicted octanol–water partition coefficient (Wildman–Crippen LogP) is 3.93. The zero-order valence-corrected chi connectivity index (χ0v) is 14.9. The van der Waals surface area contributed by atoms with Crippen LogP contribution in [0, 0.1) is 11.7 Å². The van der Waals surface area contributed by atoms with Crippen molar-refractivity contribution in [2.75, 3.05) is 24.5 Å². The predicted molar refractivity (Wildman–Crippen MR) is 100 cm³/mol. The van der Waals surface area contributed by atoms with Crippen molar-refractivity contribution in [2.45, 2.75) is 6.54 Å². The van der Waals surface area contributed by atoms with Gasteiger partial charge in [0.05, 0.1) is 22.6 Å². The Hall–Kier alpha value is -1.82. The van der Waals surface area contributed by atoms with Crippen molar-refractivity contribution in [1.29, 1.82) is 0 Å². The van der Waals surface area contributed by atoms with Gasteiger partial charge in [-0.2, -0.15) is 0 Å². The maximum absolute atomic E-state index is 13.4. The van der Waals surface area contributed by atoms with Crippen LogP contribution in [0.2, 0.25) is 10.0 Å². The van der Waals surface area contributed by atoms with Gasteiger partial charge in [0.2, 0.25) is 5.95 Å². The van der Waals surface area contributed by atoms with Gasteiger partial charge in [-0.05, 0) is 42.4 Å². The van der Waals surface area contributed by atoms with Crippen LogP contribution < -0.4 is 10.6 Å². The first kappa shape index (κ1) is 16.6. The molecule has 4 rings (SSSR count). The summed E-state index contributed by atoms with van der Waals surface area (Å²) in [4.78, 5) is 6.97. The number of nitrogens with two attached hydrogens (primary N) is 1. The molecule has 1 aliphatic rings. The molecule has 0 spiro atoms. The molecule has 130 valence electrons. The number of aromatic nitrogens is 2. The van der Waals surface area contributed by atoms with Crippen LogP contribution in [0.3, 0.4) is 0 Å². The molecule has 2 aromatic carbocycles. The normalized spacial score (nSPS) is 15.0. The fraction of sp³-hybridized carbons (Fsp3) is 0.278. The molecule has 0 atom stereocenters. The van der Waals surface area contributed by atoms with E-state index in [-0.39, 0.29) is 5.02 Å². The second kappa shape index (κ2) is 6.48. The number of rotatable bonds is 4. The van der Waals surface area contributed by atoms with Crippen LogP contribution in [0.5, 0.6) is 0 Å². The molecule has 0 radical (unpaired) electrons. The average Bonchev–Trinajstić information content (AvgIpc) is 2.88. The van der Waals surface area contributed by atoms with Gasteiger partial charge in [-0.25, -0.2) is 9.37 Å². The molecule has 0 aliphatic carbocycles. The Bertz CT molecular complexity index is 934. The Morgan fingerprint density at radius 3 is 2.68 bits per heavy atom. The molecule has 1 aliphatic heterocycles. The molecule has 0 bridgehead atoms. The highest BCUT2D eigenvalue weighted by Gasteiger charge is 2.29. The highest BCUT2D eigenvalue weighted by Crippen LogP contribution is 2.30. The number of halogens is 3. The van der Waals surface area contributed by atoms with Crippen molar-refractivity contribution in [3.05, 3.63) is 57.8 Å². The van der Waals surface area contributed by atoms with E-state index in [1.54, 1.807) is 12.1 Å². The molecule has 0 amide bonds. The van der Waals surface area contributed by atoms with Crippen molar-refractivity contribution in [3.8, 4) is 0 Å². The molecule has 2 heterocycles. The van der Waals surface area contributed by atoms with E-state index in [4.69, 9.17) is 33.9 Å². The molecule has 1 fully saturated rings. The van der Waals surface area contributed by atoms with E-state index in [2.05, 4.69) is 9.47 Å². The minimum atomic E-state index is -0.419. The monoisotopic (exact) mass is 378 g/mol. The first-order chi connectivity index (χ1) is 12.0. The molecular formula is C18H17Cl2FN4. The largest absolute Gasteiger partial charge is 0.341 e. The molecule has 0 saturated carbocycles. The van der Waals surface area contributed by atoms with Gasteiger partial charge >= 0.3 is 0 Å². The Balaban J connectivity index is 1.76. The topological polar surface area (TPSA) is 47.1 Å². The van der Waals surface area contributed by atoms with Crippen molar-refractivity contribution >= 4 is 40.2 Å². The molecule has 4 nitrogen and oxygen atoms in total. The molecule has 25 heavy (non-hydrogen) atoms. The lowest BCUT2D eigenvalue weighted by Crippen LogP contribution is -2.51. The highest BCUT2D eigenvalue weighted by atomic mass is 35.5. The number of imidazole rings is 1. The van der Waals surface area contributed by atoms with Gasteiger partial charge in [0.15, 0.2) is 0 Å². The van der Waals surface area contributed by atoms with Crippen molar-refractivity contribution in [3.63, 3.8) is 0 Å². The summed E-state index contributed by atoms with van der Waals surface area (Å²) < 4.78 is 15.5.